The number of carbonyl (C=O) groups is 1. The normalized spacial score (nSPS) is 15.5. The fraction of sp³-hybridized carbons (Fsp3) is 0.421. The number of aromatic nitrogens is 1. The number of piperazine rings is 1. The number of hydrogen-bond donors (Lipinski definition) is 0. The summed E-state index contributed by atoms with van der Waals surface area (Å²) >= 11 is 0. The minimum atomic E-state index is -3.68. The van der Waals surface area contributed by atoms with Crippen LogP contribution >= 0.6 is 0 Å². The number of aryl methyl sites for hydroxylation is 1. The first-order chi connectivity index (χ1) is 13.4. The predicted octanol–water partition coefficient (Wildman–Crippen LogP) is 1.72. The fourth-order valence-corrected chi connectivity index (χ4v) is 4.72. The van der Waals surface area contributed by atoms with Crippen molar-refractivity contribution in [3.8, 4) is 5.75 Å². The molecule has 1 aliphatic rings. The van der Waals surface area contributed by atoms with Gasteiger partial charge in [0.15, 0.2) is 0 Å². The van der Waals surface area contributed by atoms with E-state index in [0.717, 1.165) is 11.4 Å². The first kappa shape index (κ1) is 20.2. The van der Waals surface area contributed by atoms with Crippen molar-refractivity contribution in [1.29, 1.82) is 0 Å². The summed E-state index contributed by atoms with van der Waals surface area (Å²) in [6.45, 7) is 3.82. The van der Waals surface area contributed by atoms with E-state index in [0.29, 0.717) is 26.2 Å². The second-order valence-electron chi connectivity index (χ2n) is 6.49. The number of sulfonamides is 1. The van der Waals surface area contributed by atoms with Crippen molar-refractivity contribution < 1.29 is 22.7 Å². The number of methoxy groups -OCH3 is 1. The number of benzene rings is 1. The second-order valence-corrected chi connectivity index (χ2v) is 8.42. The number of carbonyl (C=O) groups excluding carboxylic acids is 1. The smallest absolute Gasteiger partial charge is 0.354 e. The van der Waals surface area contributed by atoms with E-state index in [1.165, 1.54) is 21.1 Å². The highest BCUT2D eigenvalue weighted by Crippen LogP contribution is 2.25. The quantitative estimate of drug-likeness (QED) is 0.679. The van der Waals surface area contributed by atoms with Gasteiger partial charge in [0.1, 0.15) is 16.3 Å². The molecule has 0 N–H and O–H groups in total. The number of esters is 1. The molecule has 0 spiro atoms. The van der Waals surface area contributed by atoms with Gasteiger partial charge in [-0.15, -0.1) is 0 Å². The van der Waals surface area contributed by atoms with Gasteiger partial charge in [-0.2, -0.15) is 4.31 Å². The van der Waals surface area contributed by atoms with Crippen molar-refractivity contribution in [2.45, 2.75) is 11.8 Å². The van der Waals surface area contributed by atoms with Crippen molar-refractivity contribution in [1.82, 2.24) is 8.87 Å². The van der Waals surface area contributed by atoms with Gasteiger partial charge in [-0.3, -0.25) is 0 Å². The molecule has 0 radical (unpaired) electrons. The Bertz CT molecular complexity index is 946. The van der Waals surface area contributed by atoms with Gasteiger partial charge in [0, 0.05) is 51.2 Å². The van der Waals surface area contributed by atoms with Gasteiger partial charge in [0.2, 0.25) is 10.0 Å². The SMILES string of the molecule is CCOC(=O)c1cc(S(=O)(=O)N2CCN(c3cccc(OC)c3)CC2)cn1C. The van der Waals surface area contributed by atoms with Crippen LogP contribution in [0.4, 0.5) is 5.69 Å². The van der Waals surface area contributed by atoms with E-state index in [4.69, 9.17) is 9.47 Å². The molecular weight excluding hydrogens is 382 g/mol. The van der Waals surface area contributed by atoms with Crippen molar-refractivity contribution >= 4 is 21.7 Å². The third-order valence-corrected chi connectivity index (χ3v) is 6.62. The maximum atomic E-state index is 13.0. The zero-order valence-corrected chi connectivity index (χ0v) is 17.1. The van der Waals surface area contributed by atoms with Crippen LogP contribution in [0.1, 0.15) is 17.4 Å². The largest absolute Gasteiger partial charge is 0.497 e. The number of rotatable bonds is 6. The molecule has 1 aliphatic heterocycles. The molecule has 1 saturated heterocycles. The molecule has 3 rings (SSSR count). The molecule has 0 aliphatic carbocycles. The molecule has 1 fully saturated rings. The topological polar surface area (TPSA) is 81.1 Å². The molecule has 152 valence electrons. The summed E-state index contributed by atoms with van der Waals surface area (Å²) in [5.74, 6) is 0.234. The number of hydrogen-bond acceptors (Lipinski definition) is 6. The minimum absolute atomic E-state index is 0.105. The molecule has 0 unspecified atom stereocenters. The van der Waals surface area contributed by atoms with Gasteiger partial charge < -0.3 is 18.9 Å². The van der Waals surface area contributed by atoms with Crippen molar-refractivity contribution in [3.63, 3.8) is 0 Å². The first-order valence-electron chi connectivity index (χ1n) is 9.09. The maximum absolute atomic E-state index is 13.0. The Labute approximate surface area is 165 Å². The van der Waals surface area contributed by atoms with Crippen LogP contribution in [0.2, 0.25) is 0 Å². The summed E-state index contributed by atoms with van der Waals surface area (Å²) < 4.78 is 39.2. The summed E-state index contributed by atoms with van der Waals surface area (Å²) in [5, 5.41) is 0. The summed E-state index contributed by atoms with van der Waals surface area (Å²) in [7, 11) is -0.427. The molecule has 2 aromatic rings. The van der Waals surface area contributed by atoms with E-state index in [2.05, 4.69) is 4.90 Å². The molecule has 1 aromatic heterocycles. The van der Waals surface area contributed by atoms with Gasteiger partial charge in [0.05, 0.1) is 13.7 Å². The van der Waals surface area contributed by atoms with Gasteiger partial charge in [0.25, 0.3) is 0 Å². The summed E-state index contributed by atoms with van der Waals surface area (Å²) in [5.41, 5.74) is 1.22. The Hall–Kier alpha value is -2.52. The van der Waals surface area contributed by atoms with Crippen molar-refractivity contribution in [2.24, 2.45) is 7.05 Å². The second kappa shape index (κ2) is 8.24. The molecule has 0 amide bonds. The third kappa shape index (κ3) is 4.00. The van der Waals surface area contributed by atoms with Gasteiger partial charge in [-0.05, 0) is 25.1 Å². The van der Waals surface area contributed by atoms with Gasteiger partial charge >= 0.3 is 5.97 Å². The van der Waals surface area contributed by atoms with Gasteiger partial charge in [-0.1, -0.05) is 6.07 Å². The van der Waals surface area contributed by atoms with Crippen LogP contribution in [-0.2, 0) is 21.8 Å². The van der Waals surface area contributed by atoms with Crippen LogP contribution in [-0.4, -0.2) is 63.2 Å². The Kier molecular flexibility index (Phi) is 5.95. The summed E-state index contributed by atoms with van der Waals surface area (Å²) in [6, 6.07) is 9.09. The average molecular weight is 407 g/mol. The summed E-state index contributed by atoms with van der Waals surface area (Å²) in [6.07, 6.45) is 1.45. The zero-order chi connectivity index (χ0) is 20.3. The van der Waals surface area contributed by atoms with Crippen LogP contribution in [0.25, 0.3) is 0 Å². The van der Waals surface area contributed by atoms with E-state index >= 15 is 0 Å². The van der Waals surface area contributed by atoms with Crippen molar-refractivity contribution in [2.75, 3.05) is 44.8 Å². The number of ether oxygens (including phenoxy) is 2. The van der Waals surface area contributed by atoms with Crippen LogP contribution in [0, 0.1) is 0 Å². The Morgan fingerprint density at radius 2 is 1.86 bits per heavy atom. The molecule has 9 heteroatoms. The highest BCUT2D eigenvalue weighted by atomic mass is 32.2. The van der Waals surface area contributed by atoms with E-state index < -0.39 is 16.0 Å². The van der Waals surface area contributed by atoms with Crippen molar-refractivity contribution in [3.05, 3.63) is 42.2 Å². The minimum Gasteiger partial charge on any atom is -0.497 e. The highest BCUT2D eigenvalue weighted by Gasteiger charge is 2.30. The monoisotopic (exact) mass is 407 g/mol. The standard InChI is InChI=1S/C19H25N3O5S/c1-4-27-19(23)18-13-17(14-20(18)2)28(24,25)22-10-8-21(9-11-22)15-6-5-7-16(12-15)26-3/h5-7,12-14H,4,8-11H2,1-3H3. The molecule has 0 atom stereocenters. The molecule has 0 saturated carbocycles. The number of nitrogens with zero attached hydrogens (tertiary/aromatic N) is 3. The molecule has 1 aromatic carbocycles. The maximum Gasteiger partial charge on any atom is 0.354 e. The van der Waals surface area contributed by atoms with Crippen LogP contribution < -0.4 is 9.64 Å². The average Bonchev–Trinajstić information content (AvgIpc) is 3.11. The molecule has 8 nitrogen and oxygen atoms in total. The first-order valence-corrected chi connectivity index (χ1v) is 10.5. The Morgan fingerprint density at radius 1 is 1.14 bits per heavy atom. The summed E-state index contributed by atoms with van der Waals surface area (Å²) in [4.78, 5) is 14.2. The number of anilines is 1. The zero-order valence-electron chi connectivity index (χ0n) is 16.3. The lowest BCUT2D eigenvalue weighted by Gasteiger charge is -2.35. The Morgan fingerprint density at radius 3 is 2.50 bits per heavy atom. The molecule has 0 bridgehead atoms. The predicted molar refractivity (Wildman–Crippen MR) is 105 cm³/mol. The lowest BCUT2D eigenvalue weighted by molar-refractivity contribution is 0.0515. The lowest BCUT2D eigenvalue weighted by atomic mass is 10.2. The molecular formula is C19H25N3O5S. The Balaban J connectivity index is 1.73. The molecule has 28 heavy (non-hydrogen) atoms. The van der Waals surface area contributed by atoms with E-state index in [9.17, 15) is 13.2 Å². The van der Waals surface area contributed by atoms with Crippen LogP contribution in [0.5, 0.6) is 5.75 Å². The van der Waals surface area contributed by atoms with Crippen LogP contribution in [0.3, 0.4) is 0 Å². The van der Waals surface area contributed by atoms with Gasteiger partial charge in [-0.25, -0.2) is 13.2 Å². The van der Waals surface area contributed by atoms with Crippen LogP contribution in [0.15, 0.2) is 41.4 Å². The fourth-order valence-electron chi connectivity index (χ4n) is 3.23. The van der Waals surface area contributed by atoms with E-state index in [1.807, 2.05) is 24.3 Å². The van der Waals surface area contributed by atoms with E-state index in [1.54, 1.807) is 21.1 Å². The molecule has 2 heterocycles. The lowest BCUT2D eigenvalue weighted by Crippen LogP contribution is -2.48. The highest BCUT2D eigenvalue weighted by molar-refractivity contribution is 7.89. The third-order valence-electron chi connectivity index (χ3n) is 4.76. The van der Waals surface area contributed by atoms with E-state index in [-0.39, 0.29) is 17.2 Å².